The van der Waals surface area contributed by atoms with E-state index in [9.17, 15) is 9.59 Å². The summed E-state index contributed by atoms with van der Waals surface area (Å²) in [6, 6.07) is 1.41. The largest absolute Gasteiger partial charge is 0.364 e. The third kappa shape index (κ3) is 2.63. The van der Waals surface area contributed by atoms with Gasteiger partial charge in [-0.2, -0.15) is 0 Å². The topological polar surface area (TPSA) is 115 Å². The van der Waals surface area contributed by atoms with E-state index >= 15 is 0 Å². The minimum Gasteiger partial charge on any atom is -0.364 e. The lowest BCUT2D eigenvalue weighted by atomic mass is 10.0. The van der Waals surface area contributed by atoms with Crippen LogP contribution in [-0.4, -0.2) is 34.4 Å². The molecule has 20 heavy (non-hydrogen) atoms. The SMILES string of the molecule is C=CC(=O)C1CCN(c2cc(C(N)=O)nc(Cl)n2)C1N. The number of aromatic nitrogens is 2. The van der Waals surface area contributed by atoms with Crippen molar-refractivity contribution in [1.82, 2.24) is 9.97 Å². The summed E-state index contributed by atoms with van der Waals surface area (Å²) < 4.78 is 0. The lowest BCUT2D eigenvalue weighted by molar-refractivity contribution is -0.118. The van der Waals surface area contributed by atoms with Gasteiger partial charge in [-0.05, 0) is 24.1 Å². The minimum absolute atomic E-state index is 0.00528. The molecule has 4 N–H and O–H groups in total. The molecule has 2 heterocycles. The normalized spacial score (nSPS) is 21.8. The van der Waals surface area contributed by atoms with Gasteiger partial charge in [0.05, 0.1) is 12.1 Å². The second kappa shape index (κ2) is 5.56. The Bertz CT molecular complexity index is 577. The molecule has 1 aliphatic heterocycles. The van der Waals surface area contributed by atoms with Crippen LogP contribution in [-0.2, 0) is 4.79 Å². The highest BCUT2D eigenvalue weighted by atomic mass is 35.5. The fourth-order valence-electron chi connectivity index (χ4n) is 2.22. The number of amides is 1. The Labute approximate surface area is 120 Å². The van der Waals surface area contributed by atoms with Gasteiger partial charge in [0.15, 0.2) is 5.78 Å². The lowest BCUT2D eigenvalue weighted by Gasteiger charge is -2.24. The van der Waals surface area contributed by atoms with Crippen LogP contribution in [0.25, 0.3) is 0 Å². The van der Waals surface area contributed by atoms with Gasteiger partial charge in [-0.25, -0.2) is 9.97 Å². The standard InChI is InChI=1S/C12H14ClN5O2/c1-2-8(19)6-3-4-18(10(6)14)9-5-7(11(15)20)16-12(13)17-9/h2,5-6,10H,1,3-4,14H2,(H2,15,20). The summed E-state index contributed by atoms with van der Waals surface area (Å²) in [5.41, 5.74) is 11.2. The first-order valence-electron chi connectivity index (χ1n) is 5.97. The Balaban J connectivity index is 2.31. The van der Waals surface area contributed by atoms with E-state index in [0.29, 0.717) is 18.8 Å². The Morgan fingerprint density at radius 3 is 2.80 bits per heavy atom. The van der Waals surface area contributed by atoms with Gasteiger partial charge in [0.25, 0.3) is 5.91 Å². The van der Waals surface area contributed by atoms with Crippen LogP contribution in [0.5, 0.6) is 0 Å². The van der Waals surface area contributed by atoms with Crippen molar-refractivity contribution in [1.29, 1.82) is 0 Å². The molecule has 1 aromatic rings. The average Bonchev–Trinajstić information content (AvgIpc) is 2.79. The van der Waals surface area contributed by atoms with Crippen molar-refractivity contribution >= 4 is 29.1 Å². The lowest BCUT2D eigenvalue weighted by Crippen LogP contribution is -2.43. The molecule has 0 bridgehead atoms. The first kappa shape index (κ1) is 14.4. The van der Waals surface area contributed by atoms with Crippen LogP contribution in [0.1, 0.15) is 16.9 Å². The molecule has 1 aromatic heterocycles. The van der Waals surface area contributed by atoms with E-state index in [0.717, 1.165) is 0 Å². The highest BCUT2D eigenvalue weighted by Crippen LogP contribution is 2.27. The molecule has 106 valence electrons. The van der Waals surface area contributed by atoms with Crippen LogP contribution in [0.4, 0.5) is 5.82 Å². The Morgan fingerprint density at radius 1 is 1.50 bits per heavy atom. The smallest absolute Gasteiger partial charge is 0.267 e. The molecule has 7 nitrogen and oxygen atoms in total. The number of carbonyl (C=O) groups is 2. The summed E-state index contributed by atoms with van der Waals surface area (Å²) in [5.74, 6) is -0.791. The molecule has 0 aliphatic carbocycles. The number of hydrogen-bond acceptors (Lipinski definition) is 6. The van der Waals surface area contributed by atoms with E-state index < -0.39 is 12.1 Å². The second-order valence-electron chi connectivity index (χ2n) is 4.43. The van der Waals surface area contributed by atoms with Crippen LogP contribution in [0.2, 0.25) is 5.28 Å². The second-order valence-corrected chi connectivity index (χ2v) is 4.77. The number of halogens is 1. The molecule has 1 saturated heterocycles. The number of ketones is 1. The first-order valence-corrected chi connectivity index (χ1v) is 6.34. The van der Waals surface area contributed by atoms with Crippen molar-refractivity contribution in [2.45, 2.75) is 12.6 Å². The quantitative estimate of drug-likeness (QED) is 0.601. The van der Waals surface area contributed by atoms with E-state index in [1.807, 2.05) is 0 Å². The van der Waals surface area contributed by atoms with Crippen molar-refractivity contribution in [2.24, 2.45) is 17.4 Å². The van der Waals surface area contributed by atoms with E-state index in [1.165, 1.54) is 12.1 Å². The summed E-state index contributed by atoms with van der Waals surface area (Å²) >= 11 is 5.77. The van der Waals surface area contributed by atoms with E-state index in [2.05, 4.69) is 16.5 Å². The van der Waals surface area contributed by atoms with Gasteiger partial charge in [-0.3, -0.25) is 9.59 Å². The van der Waals surface area contributed by atoms with Crippen LogP contribution in [0.3, 0.4) is 0 Å². The zero-order valence-corrected chi connectivity index (χ0v) is 11.4. The Morgan fingerprint density at radius 2 is 2.20 bits per heavy atom. The Kier molecular flexibility index (Phi) is 4.01. The summed E-state index contributed by atoms with van der Waals surface area (Å²) in [5, 5.41) is -0.0954. The molecule has 0 saturated carbocycles. The number of primary amides is 1. The Hall–Kier alpha value is -1.99. The molecular weight excluding hydrogens is 282 g/mol. The molecule has 8 heteroatoms. The summed E-state index contributed by atoms with van der Waals surface area (Å²) in [6.45, 7) is 3.98. The summed E-state index contributed by atoms with van der Waals surface area (Å²) in [6.07, 6.45) is 1.29. The van der Waals surface area contributed by atoms with Crippen molar-refractivity contribution in [3.8, 4) is 0 Å². The van der Waals surface area contributed by atoms with Gasteiger partial charge in [-0.1, -0.05) is 6.58 Å². The fraction of sp³-hybridized carbons (Fsp3) is 0.333. The predicted molar refractivity (Wildman–Crippen MR) is 74.2 cm³/mol. The van der Waals surface area contributed by atoms with E-state index in [1.54, 1.807) is 4.90 Å². The third-order valence-corrected chi connectivity index (χ3v) is 3.42. The number of rotatable bonds is 4. The number of hydrogen-bond donors (Lipinski definition) is 2. The van der Waals surface area contributed by atoms with Crippen molar-refractivity contribution in [3.63, 3.8) is 0 Å². The molecule has 1 amide bonds. The number of nitrogens with two attached hydrogens (primary N) is 2. The van der Waals surface area contributed by atoms with Gasteiger partial charge in [-0.15, -0.1) is 0 Å². The van der Waals surface area contributed by atoms with Crippen molar-refractivity contribution in [3.05, 3.63) is 29.7 Å². The van der Waals surface area contributed by atoms with Gasteiger partial charge in [0.2, 0.25) is 5.28 Å². The van der Waals surface area contributed by atoms with Gasteiger partial charge in [0.1, 0.15) is 11.5 Å². The van der Waals surface area contributed by atoms with Gasteiger partial charge in [0, 0.05) is 12.6 Å². The van der Waals surface area contributed by atoms with Crippen molar-refractivity contribution in [2.75, 3.05) is 11.4 Å². The summed E-state index contributed by atoms with van der Waals surface area (Å²) in [4.78, 5) is 32.3. The maximum Gasteiger partial charge on any atom is 0.267 e. The zero-order valence-electron chi connectivity index (χ0n) is 10.6. The average molecular weight is 296 g/mol. The fourth-order valence-corrected chi connectivity index (χ4v) is 2.40. The predicted octanol–water partition coefficient (Wildman–Crippen LogP) is 0.0951. The molecule has 2 atom stereocenters. The van der Waals surface area contributed by atoms with Gasteiger partial charge < -0.3 is 16.4 Å². The zero-order chi connectivity index (χ0) is 14.9. The molecular formula is C12H14ClN5O2. The molecule has 0 spiro atoms. The van der Waals surface area contributed by atoms with Crippen LogP contribution < -0.4 is 16.4 Å². The minimum atomic E-state index is -0.706. The van der Waals surface area contributed by atoms with Crippen LogP contribution >= 0.6 is 11.6 Å². The molecule has 2 unspecified atom stereocenters. The number of anilines is 1. The van der Waals surface area contributed by atoms with E-state index in [4.69, 9.17) is 23.1 Å². The van der Waals surface area contributed by atoms with E-state index in [-0.39, 0.29) is 22.7 Å². The highest BCUT2D eigenvalue weighted by Gasteiger charge is 2.36. The van der Waals surface area contributed by atoms with Gasteiger partial charge >= 0.3 is 0 Å². The number of nitrogens with zero attached hydrogens (tertiary/aromatic N) is 3. The molecule has 1 fully saturated rings. The number of carbonyl (C=O) groups excluding carboxylic acids is 2. The van der Waals surface area contributed by atoms with Crippen LogP contribution in [0, 0.1) is 5.92 Å². The van der Waals surface area contributed by atoms with Crippen molar-refractivity contribution < 1.29 is 9.59 Å². The molecule has 1 aliphatic rings. The highest BCUT2D eigenvalue weighted by molar-refractivity contribution is 6.28. The molecule has 0 aromatic carbocycles. The number of allylic oxidation sites excluding steroid dienone is 1. The van der Waals surface area contributed by atoms with Crippen LogP contribution in [0.15, 0.2) is 18.7 Å². The summed E-state index contributed by atoms with van der Waals surface area (Å²) in [7, 11) is 0. The monoisotopic (exact) mass is 295 g/mol. The maximum atomic E-state index is 11.7. The maximum absolute atomic E-state index is 11.7. The molecule has 2 rings (SSSR count). The molecule has 0 radical (unpaired) electrons. The third-order valence-electron chi connectivity index (χ3n) is 3.25. The first-order chi connectivity index (χ1) is 9.43.